The molecule has 0 aromatic carbocycles. The van der Waals surface area contributed by atoms with Crippen LogP contribution in [-0.4, -0.2) is 64.9 Å². The van der Waals surface area contributed by atoms with Crippen LogP contribution < -0.4 is 5.32 Å². The molecule has 0 aliphatic heterocycles. The van der Waals surface area contributed by atoms with Crippen molar-refractivity contribution >= 4 is 25.7 Å². The van der Waals surface area contributed by atoms with Gasteiger partial charge in [0.05, 0.1) is 13.2 Å². The van der Waals surface area contributed by atoms with Crippen LogP contribution in [0, 0.1) is 0 Å². The number of aliphatic hydroxyl groups is 1. The van der Waals surface area contributed by atoms with E-state index in [-0.39, 0.29) is 12.8 Å². The zero-order valence-corrected chi connectivity index (χ0v) is 37.0. The predicted molar refractivity (Wildman–Crippen MR) is 231 cm³/mol. The first-order chi connectivity index (χ1) is 27.6. The lowest BCUT2D eigenvalue weighted by molar-refractivity contribution is -0.147. The third kappa shape index (κ3) is 40.5. The van der Waals surface area contributed by atoms with Crippen molar-refractivity contribution in [3.8, 4) is 0 Å². The van der Waals surface area contributed by atoms with Gasteiger partial charge in [0.1, 0.15) is 12.7 Å². The summed E-state index contributed by atoms with van der Waals surface area (Å²) in [5.74, 6) is -2.37. The molecule has 0 bridgehead atoms. The van der Waals surface area contributed by atoms with Crippen molar-refractivity contribution < 1.29 is 47.8 Å². The van der Waals surface area contributed by atoms with Crippen molar-refractivity contribution in [3.63, 3.8) is 0 Å². The lowest BCUT2D eigenvalue weighted by Gasteiger charge is -2.18. The number of phosphoric ester groups is 1. The van der Waals surface area contributed by atoms with Gasteiger partial charge in [-0.15, -0.1) is 0 Å². The number of allylic oxidation sites excluding steroid dienone is 4. The molecule has 1 amide bonds. The Hall–Kier alpha value is -2.04. The molecular formula is C45H84NO10P. The second kappa shape index (κ2) is 40.7. The molecule has 11 nitrogen and oxygen atoms in total. The predicted octanol–water partition coefficient (Wildman–Crippen LogP) is 11.8. The van der Waals surface area contributed by atoms with E-state index in [1.54, 1.807) is 0 Å². The Morgan fingerprint density at radius 1 is 0.561 bits per heavy atom. The number of hydrogen-bond acceptors (Lipinski definition) is 8. The van der Waals surface area contributed by atoms with Crippen LogP contribution in [-0.2, 0) is 32.7 Å². The average molecular weight is 830 g/mol. The van der Waals surface area contributed by atoms with Crippen LogP contribution in [0.4, 0.5) is 0 Å². The number of aliphatic hydroxyl groups excluding tert-OH is 1. The third-order valence-electron chi connectivity index (χ3n) is 9.99. The maximum absolute atomic E-state index is 12.3. The van der Waals surface area contributed by atoms with Crippen LogP contribution in [0.5, 0.6) is 0 Å². The van der Waals surface area contributed by atoms with Crippen LogP contribution in [0.2, 0.25) is 0 Å². The molecule has 0 aliphatic rings. The molecule has 0 fully saturated rings. The van der Waals surface area contributed by atoms with Crippen molar-refractivity contribution in [1.29, 1.82) is 0 Å². The Morgan fingerprint density at radius 3 is 1.44 bits per heavy atom. The van der Waals surface area contributed by atoms with Gasteiger partial charge in [0.15, 0.2) is 6.04 Å². The van der Waals surface area contributed by atoms with Gasteiger partial charge < -0.3 is 25.2 Å². The van der Waals surface area contributed by atoms with E-state index in [1.807, 2.05) is 0 Å². The number of carbonyl (C=O) groups excluding carboxylic acids is 2. The number of nitrogens with one attached hydrogen (secondary N) is 1. The number of carboxylic acids is 1. The first kappa shape index (κ1) is 55.0. The monoisotopic (exact) mass is 830 g/mol. The summed E-state index contributed by atoms with van der Waals surface area (Å²) in [6, 6.07) is -1.55. The molecule has 0 aromatic heterocycles. The zero-order chi connectivity index (χ0) is 42.1. The largest absolute Gasteiger partial charge is 0.480 e. The van der Waals surface area contributed by atoms with E-state index in [2.05, 4.69) is 43.5 Å². The first-order valence-electron chi connectivity index (χ1n) is 22.9. The van der Waals surface area contributed by atoms with Crippen LogP contribution in [0.3, 0.4) is 0 Å². The number of rotatable bonds is 43. The molecule has 0 spiro atoms. The number of hydrogen-bond donors (Lipinski definition) is 4. The molecular weight excluding hydrogens is 745 g/mol. The molecule has 0 heterocycles. The third-order valence-corrected chi connectivity index (χ3v) is 10.9. The van der Waals surface area contributed by atoms with E-state index in [9.17, 15) is 34.1 Å². The number of unbranched alkanes of at least 4 members (excludes halogenated alkanes) is 25. The van der Waals surface area contributed by atoms with Gasteiger partial charge in [-0.05, 0) is 44.9 Å². The van der Waals surface area contributed by atoms with Gasteiger partial charge in [-0.1, -0.05) is 179 Å². The van der Waals surface area contributed by atoms with E-state index in [0.717, 1.165) is 57.8 Å². The first-order valence-corrected chi connectivity index (χ1v) is 24.4. The normalized spacial score (nSPS) is 13.9. The van der Waals surface area contributed by atoms with E-state index >= 15 is 0 Å². The highest BCUT2D eigenvalue weighted by Gasteiger charge is 2.28. The fourth-order valence-electron chi connectivity index (χ4n) is 6.40. The number of phosphoric acid groups is 1. The SMILES string of the molecule is CCCCCC/C=C\C/C=C\CCCCCCCCCC(=O)NC(COP(=O)(O)OCC(O)COC(=O)CCCCCCCCCCCCCCCCC)C(=O)O. The van der Waals surface area contributed by atoms with Crippen LogP contribution >= 0.6 is 7.82 Å². The molecule has 3 unspecified atom stereocenters. The average Bonchev–Trinajstić information content (AvgIpc) is 3.18. The van der Waals surface area contributed by atoms with Crippen LogP contribution in [0.25, 0.3) is 0 Å². The maximum Gasteiger partial charge on any atom is 0.472 e. The summed E-state index contributed by atoms with van der Waals surface area (Å²) in [6.45, 7) is 2.59. The number of carbonyl (C=O) groups is 3. The topological polar surface area (TPSA) is 169 Å². The van der Waals surface area contributed by atoms with E-state index in [1.165, 1.54) is 116 Å². The van der Waals surface area contributed by atoms with Gasteiger partial charge in [-0.25, -0.2) is 9.36 Å². The van der Waals surface area contributed by atoms with Crippen molar-refractivity contribution in [3.05, 3.63) is 24.3 Å². The Bertz CT molecular complexity index is 1070. The molecule has 334 valence electrons. The van der Waals surface area contributed by atoms with Crippen molar-refractivity contribution in [2.45, 2.75) is 225 Å². The van der Waals surface area contributed by atoms with Gasteiger partial charge in [0.25, 0.3) is 0 Å². The highest BCUT2D eigenvalue weighted by atomic mass is 31.2. The lowest BCUT2D eigenvalue weighted by Crippen LogP contribution is -2.43. The quantitative estimate of drug-likeness (QED) is 0.0201. The van der Waals surface area contributed by atoms with Crippen molar-refractivity contribution in [2.75, 3.05) is 19.8 Å². The van der Waals surface area contributed by atoms with Crippen molar-refractivity contribution in [1.82, 2.24) is 5.32 Å². The van der Waals surface area contributed by atoms with Crippen molar-refractivity contribution in [2.24, 2.45) is 0 Å². The van der Waals surface area contributed by atoms with Gasteiger partial charge in [0.2, 0.25) is 5.91 Å². The lowest BCUT2D eigenvalue weighted by atomic mass is 10.0. The summed E-state index contributed by atoms with van der Waals surface area (Å²) >= 11 is 0. The minimum atomic E-state index is -4.76. The maximum atomic E-state index is 12.3. The Kier molecular flexibility index (Phi) is 39.3. The molecule has 0 rings (SSSR count). The smallest absolute Gasteiger partial charge is 0.472 e. The van der Waals surface area contributed by atoms with Gasteiger partial charge >= 0.3 is 19.8 Å². The Balaban J connectivity index is 3.89. The summed E-state index contributed by atoms with van der Waals surface area (Å²) in [7, 11) is -4.76. The number of ether oxygens (including phenoxy) is 1. The molecule has 4 N–H and O–H groups in total. The van der Waals surface area contributed by atoms with E-state index < -0.39 is 57.6 Å². The fourth-order valence-corrected chi connectivity index (χ4v) is 7.18. The number of esters is 1. The van der Waals surface area contributed by atoms with E-state index in [0.29, 0.717) is 12.8 Å². The summed E-state index contributed by atoms with van der Waals surface area (Å²) < 4.78 is 26.9. The van der Waals surface area contributed by atoms with Crippen LogP contribution in [0.15, 0.2) is 24.3 Å². The molecule has 12 heteroatoms. The molecule has 0 saturated carbocycles. The summed E-state index contributed by atoms with van der Waals surface area (Å²) in [4.78, 5) is 45.9. The van der Waals surface area contributed by atoms with Gasteiger partial charge in [-0.3, -0.25) is 18.6 Å². The molecule has 0 saturated heterocycles. The molecule has 57 heavy (non-hydrogen) atoms. The Morgan fingerprint density at radius 2 is 0.965 bits per heavy atom. The summed E-state index contributed by atoms with van der Waals surface area (Å²) in [5, 5.41) is 21.8. The minimum Gasteiger partial charge on any atom is -0.480 e. The van der Waals surface area contributed by atoms with Gasteiger partial charge in [0, 0.05) is 12.8 Å². The number of carboxylic acid groups (broad SMARTS) is 1. The fraction of sp³-hybridized carbons (Fsp3) is 0.844. The van der Waals surface area contributed by atoms with E-state index in [4.69, 9.17) is 13.8 Å². The standard InChI is InChI=1S/C45H84NO10P/c1-3-5-7-9-11-13-15-17-19-20-21-23-24-26-28-30-32-34-36-43(48)46-42(45(50)51)40-56-57(52,53)55-39-41(47)38-54-44(49)37-35-33-31-29-27-25-22-18-16-14-12-10-8-6-4-2/h13,15,19-20,41-42,47H,3-12,14,16-18,21-40H2,1-2H3,(H,46,48)(H,50,51)(H,52,53)/b15-13-,20-19-. The van der Waals surface area contributed by atoms with Gasteiger partial charge in [-0.2, -0.15) is 0 Å². The summed E-state index contributed by atoms with van der Waals surface area (Å²) in [6.07, 6.45) is 41.9. The molecule has 0 radical (unpaired) electrons. The minimum absolute atomic E-state index is 0.138. The molecule has 0 aromatic rings. The number of aliphatic carboxylic acids is 1. The Labute approximate surface area is 347 Å². The zero-order valence-electron chi connectivity index (χ0n) is 36.2. The highest BCUT2D eigenvalue weighted by Crippen LogP contribution is 2.43. The number of amides is 1. The highest BCUT2D eigenvalue weighted by molar-refractivity contribution is 7.47. The second-order valence-electron chi connectivity index (χ2n) is 15.6. The van der Waals surface area contributed by atoms with Crippen LogP contribution in [0.1, 0.15) is 213 Å². The second-order valence-corrected chi connectivity index (χ2v) is 17.0. The molecule has 0 aliphatic carbocycles. The molecule has 3 atom stereocenters. The summed E-state index contributed by atoms with van der Waals surface area (Å²) in [5.41, 5.74) is 0.